The molecule has 3 nitrogen and oxygen atoms in total. The van der Waals surface area contributed by atoms with Crippen molar-refractivity contribution < 1.29 is 0 Å². The summed E-state index contributed by atoms with van der Waals surface area (Å²) in [5.41, 5.74) is 2.17. The standard InChI is InChI=1S/C13H16ClN3S2/c14-3-1-13-16-11-7-15-4-2-12(11)17(13)8-10-9-18-5-6-19-10/h2,4,7,10H,1,3,5-6,8-9H2. The van der Waals surface area contributed by atoms with E-state index in [2.05, 4.69) is 44.1 Å². The lowest BCUT2D eigenvalue weighted by Crippen LogP contribution is -2.21. The summed E-state index contributed by atoms with van der Waals surface area (Å²) in [5.74, 6) is 5.48. The lowest BCUT2D eigenvalue weighted by Gasteiger charge is -2.22. The van der Waals surface area contributed by atoms with Gasteiger partial charge in [0.15, 0.2) is 0 Å². The Balaban J connectivity index is 1.92. The maximum Gasteiger partial charge on any atom is 0.111 e. The van der Waals surface area contributed by atoms with Gasteiger partial charge in [-0.3, -0.25) is 4.98 Å². The van der Waals surface area contributed by atoms with Crippen LogP contribution in [0.5, 0.6) is 0 Å². The molecule has 1 aliphatic rings. The number of aromatic nitrogens is 3. The highest BCUT2D eigenvalue weighted by molar-refractivity contribution is 8.06. The molecule has 0 radical (unpaired) electrons. The Morgan fingerprint density at radius 2 is 2.37 bits per heavy atom. The third-order valence-electron chi connectivity index (χ3n) is 3.22. The molecule has 0 aliphatic carbocycles. The Kier molecular flexibility index (Phi) is 4.56. The number of hydrogen-bond acceptors (Lipinski definition) is 4. The molecule has 3 rings (SSSR count). The van der Waals surface area contributed by atoms with Crippen LogP contribution in [0, 0.1) is 0 Å². The van der Waals surface area contributed by atoms with Crippen LogP contribution in [-0.2, 0) is 13.0 Å². The van der Waals surface area contributed by atoms with Gasteiger partial charge >= 0.3 is 0 Å². The van der Waals surface area contributed by atoms with Crippen LogP contribution in [0.15, 0.2) is 18.5 Å². The van der Waals surface area contributed by atoms with E-state index in [1.54, 1.807) is 0 Å². The first-order valence-corrected chi connectivity index (χ1v) is 9.16. The molecule has 0 bridgehead atoms. The number of aryl methyl sites for hydroxylation is 1. The molecule has 0 saturated carbocycles. The number of hydrogen-bond donors (Lipinski definition) is 0. The first-order valence-electron chi connectivity index (χ1n) is 6.43. The SMILES string of the molecule is ClCCc1nc2cnccc2n1CC1CSCCS1. The van der Waals surface area contributed by atoms with Crippen LogP contribution in [0.25, 0.3) is 11.0 Å². The van der Waals surface area contributed by atoms with Crippen molar-refractivity contribution in [3.8, 4) is 0 Å². The van der Waals surface area contributed by atoms with E-state index in [4.69, 9.17) is 11.6 Å². The zero-order valence-corrected chi connectivity index (χ0v) is 13.0. The minimum Gasteiger partial charge on any atom is -0.327 e. The third kappa shape index (κ3) is 3.03. The van der Waals surface area contributed by atoms with Gasteiger partial charge in [-0.25, -0.2) is 4.98 Å². The summed E-state index contributed by atoms with van der Waals surface area (Å²) < 4.78 is 2.34. The molecule has 19 heavy (non-hydrogen) atoms. The Bertz CT molecular complexity index is 552. The van der Waals surface area contributed by atoms with E-state index in [1.807, 2.05) is 12.4 Å². The van der Waals surface area contributed by atoms with Crippen molar-refractivity contribution in [3.05, 3.63) is 24.3 Å². The molecule has 1 unspecified atom stereocenters. The van der Waals surface area contributed by atoms with E-state index in [1.165, 1.54) is 22.8 Å². The number of halogens is 1. The Morgan fingerprint density at radius 3 is 3.16 bits per heavy atom. The lowest BCUT2D eigenvalue weighted by molar-refractivity contribution is 0.674. The molecular weight excluding hydrogens is 298 g/mol. The largest absolute Gasteiger partial charge is 0.327 e. The highest BCUT2D eigenvalue weighted by Crippen LogP contribution is 2.27. The number of imidazole rings is 1. The Hall–Kier alpha value is -0.390. The van der Waals surface area contributed by atoms with Gasteiger partial charge in [0.25, 0.3) is 0 Å². The Labute approximate surface area is 126 Å². The second-order valence-electron chi connectivity index (χ2n) is 4.51. The highest BCUT2D eigenvalue weighted by atomic mass is 35.5. The summed E-state index contributed by atoms with van der Waals surface area (Å²) in [6.45, 7) is 1.03. The number of alkyl halides is 1. The van der Waals surface area contributed by atoms with Gasteiger partial charge in [0.1, 0.15) is 11.3 Å². The van der Waals surface area contributed by atoms with Gasteiger partial charge in [-0.05, 0) is 6.07 Å². The molecule has 3 heterocycles. The second-order valence-corrected chi connectivity index (χ2v) is 7.45. The van der Waals surface area contributed by atoms with Gasteiger partial charge in [-0.2, -0.15) is 23.5 Å². The molecule has 2 aromatic heterocycles. The maximum atomic E-state index is 5.90. The van der Waals surface area contributed by atoms with Crippen LogP contribution in [0.2, 0.25) is 0 Å². The summed E-state index contributed by atoms with van der Waals surface area (Å²) >= 11 is 10.0. The number of pyridine rings is 1. The smallest absolute Gasteiger partial charge is 0.111 e. The average molecular weight is 314 g/mol. The molecule has 1 saturated heterocycles. The normalized spacial score (nSPS) is 19.9. The van der Waals surface area contributed by atoms with Crippen molar-refractivity contribution in [1.82, 2.24) is 14.5 Å². The molecule has 0 aromatic carbocycles. The summed E-state index contributed by atoms with van der Waals surface area (Å²) in [7, 11) is 0. The van der Waals surface area contributed by atoms with E-state index < -0.39 is 0 Å². The van der Waals surface area contributed by atoms with Gasteiger partial charge in [-0.15, -0.1) is 11.6 Å². The second kappa shape index (κ2) is 6.37. The minimum atomic E-state index is 0.614. The molecule has 1 atom stereocenters. The van der Waals surface area contributed by atoms with E-state index in [0.29, 0.717) is 11.1 Å². The van der Waals surface area contributed by atoms with Crippen LogP contribution >= 0.6 is 35.1 Å². The van der Waals surface area contributed by atoms with Gasteiger partial charge < -0.3 is 4.57 Å². The quantitative estimate of drug-likeness (QED) is 0.812. The zero-order valence-electron chi connectivity index (χ0n) is 10.6. The van der Waals surface area contributed by atoms with E-state index >= 15 is 0 Å². The average Bonchev–Trinajstić information content (AvgIpc) is 2.79. The van der Waals surface area contributed by atoms with Crippen molar-refractivity contribution in [2.24, 2.45) is 0 Å². The van der Waals surface area contributed by atoms with Gasteiger partial charge in [0.05, 0.1) is 11.7 Å². The predicted octanol–water partition coefficient (Wildman–Crippen LogP) is 3.06. The van der Waals surface area contributed by atoms with Crippen LogP contribution < -0.4 is 0 Å². The lowest BCUT2D eigenvalue weighted by atomic mass is 10.3. The summed E-state index contributed by atoms with van der Waals surface area (Å²) in [5, 5.41) is 0.679. The fraction of sp³-hybridized carbons (Fsp3) is 0.538. The molecule has 0 spiro atoms. The minimum absolute atomic E-state index is 0.614. The van der Waals surface area contributed by atoms with Crippen molar-refractivity contribution in [2.45, 2.75) is 18.2 Å². The molecule has 6 heteroatoms. The first kappa shape index (κ1) is 13.6. The highest BCUT2D eigenvalue weighted by Gasteiger charge is 2.18. The Morgan fingerprint density at radius 1 is 1.42 bits per heavy atom. The molecule has 1 fully saturated rings. The van der Waals surface area contributed by atoms with Gasteiger partial charge in [0.2, 0.25) is 0 Å². The third-order valence-corrected chi connectivity index (χ3v) is 6.24. The fourth-order valence-electron chi connectivity index (χ4n) is 2.36. The van der Waals surface area contributed by atoms with Crippen molar-refractivity contribution in [1.29, 1.82) is 0 Å². The van der Waals surface area contributed by atoms with Gasteiger partial charge in [0, 0.05) is 47.6 Å². The van der Waals surface area contributed by atoms with Crippen LogP contribution in [0.1, 0.15) is 5.82 Å². The zero-order chi connectivity index (χ0) is 13.1. The number of rotatable bonds is 4. The predicted molar refractivity (Wildman–Crippen MR) is 85.5 cm³/mol. The number of thioether (sulfide) groups is 2. The van der Waals surface area contributed by atoms with Crippen molar-refractivity contribution >= 4 is 46.2 Å². The molecule has 0 amide bonds. The maximum absolute atomic E-state index is 5.90. The topological polar surface area (TPSA) is 30.7 Å². The fourth-order valence-corrected chi connectivity index (χ4v) is 5.18. The summed E-state index contributed by atoms with van der Waals surface area (Å²) in [6, 6.07) is 2.06. The summed E-state index contributed by atoms with van der Waals surface area (Å²) in [6.07, 6.45) is 4.50. The van der Waals surface area contributed by atoms with Crippen molar-refractivity contribution in [3.63, 3.8) is 0 Å². The molecular formula is C13H16ClN3S2. The first-order chi connectivity index (χ1) is 9.38. The van der Waals surface area contributed by atoms with E-state index in [-0.39, 0.29) is 0 Å². The van der Waals surface area contributed by atoms with E-state index in [9.17, 15) is 0 Å². The van der Waals surface area contributed by atoms with Crippen LogP contribution in [0.3, 0.4) is 0 Å². The molecule has 2 aromatic rings. The van der Waals surface area contributed by atoms with Crippen molar-refractivity contribution in [2.75, 3.05) is 23.1 Å². The molecule has 102 valence electrons. The van der Waals surface area contributed by atoms with Crippen LogP contribution in [-0.4, -0.2) is 42.9 Å². The number of fused-ring (bicyclic) bond motifs is 1. The van der Waals surface area contributed by atoms with Crippen LogP contribution in [0.4, 0.5) is 0 Å². The monoisotopic (exact) mass is 313 g/mol. The van der Waals surface area contributed by atoms with Gasteiger partial charge in [-0.1, -0.05) is 0 Å². The van der Waals surface area contributed by atoms with E-state index in [0.717, 1.165) is 24.3 Å². The molecule has 1 aliphatic heterocycles. The summed E-state index contributed by atoms with van der Waals surface area (Å²) in [4.78, 5) is 8.82. The molecule has 0 N–H and O–H groups in total. The number of nitrogens with zero attached hydrogens (tertiary/aromatic N) is 3.